The van der Waals surface area contributed by atoms with Crippen molar-refractivity contribution in [1.82, 2.24) is 29.8 Å². The number of benzene rings is 4. The fraction of sp³-hybridized carbons (Fsp3) is 0.320. The van der Waals surface area contributed by atoms with Crippen LogP contribution in [0, 0.1) is 25.7 Å². The maximum atomic E-state index is 12.8. The summed E-state index contributed by atoms with van der Waals surface area (Å²) in [5, 5.41) is 18.8. The van der Waals surface area contributed by atoms with Crippen LogP contribution in [0.1, 0.15) is 86.8 Å². The van der Waals surface area contributed by atoms with Gasteiger partial charge in [-0.15, -0.1) is 12.4 Å². The van der Waals surface area contributed by atoms with Crippen LogP contribution in [0.2, 0.25) is 10.0 Å². The molecule has 0 aliphatic carbocycles. The lowest BCUT2D eigenvalue weighted by atomic mass is 10.1. The van der Waals surface area contributed by atoms with Crippen molar-refractivity contribution in [3.8, 4) is 11.5 Å². The number of aryl methyl sites for hydroxylation is 2. The number of halogens is 3. The molecule has 14 nitrogen and oxygen atoms in total. The molecule has 17 heteroatoms. The molecule has 0 atom stereocenters. The third-order valence-electron chi connectivity index (χ3n) is 10.3. The lowest BCUT2D eigenvalue weighted by molar-refractivity contribution is -0.124. The Morgan fingerprint density at radius 1 is 0.701 bits per heavy atom. The molecule has 3 amide bonds. The monoisotopic (exact) mass is 970 g/mol. The van der Waals surface area contributed by atoms with Crippen molar-refractivity contribution in [3.05, 3.63) is 152 Å². The van der Waals surface area contributed by atoms with E-state index in [-0.39, 0.29) is 30.1 Å². The molecule has 6 aromatic rings. The van der Waals surface area contributed by atoms with Crippen LogP contribution in [0.5, 0.6) is 11.5 Å². The minimum Gasteiger partial charge on any atom is -0.493 e. The van der Waals surface area contributed by atoms with Gasteiger partial charge < -0.3 is 25.4 Å². The van der Waals surface area contributed by atoms with Gasteiger partial charge in [0.1, 0.15) is 17.8 Å². The predicted octanol–water partition coefficient (Wildman–Crippen LogP) is 9.53. The van der Waals surface area contributed by atoms with E-state index in [1.165, 1.54) is 0 Å². The average Bonchev–Trinajstić information content (AvgIpc) is 3.81. The summed E-state index contributed by atoms with van der Waals surface area (Å²) in [6, 6.07) is 28.6. The molecule has 7 rings (SSSR count). The largest absolute Gasteiger partial charge is 0.493 e. The molecule has 1 saturated heterocycles. The zero-order valence-corrected chi connectivity index (χ0v) is 40.8. The van der Waals surface area contributed by atoms with Gasteiger partial charge in [-0.2, -0.15) is 10.2 Å². The Morgan fingerprint density at radius 2 is 1.16 bits per heavy atom. The summed E-state index contributed by atoms with van der Waals surface area (Å²) in [6.45, 7) is 16.9. The van der Waals surface area contributed by atoms with Crippen molar-refractivity contribution >= 4 is 71.3 Å². The van der Waals surface area contributed by atoms with Gasteiger partial charge in [0.05, 0.1) is 32.8 Å². The molecule has 1 aliphatic rings. The number of hydrogen-bond acceptors (Lipinski definition) is 9. The fourth-order valence-electron chi connectivity index (χ4n) is 6.86. The zero-order valence-electron chi connectivity index (χ0n) is 38.5. The third kappa shape index (κ3) is 15.4. The highest BCUT2D eigenvalue weighted by Gasteiger charge is 2.18. The Morgan fingerprint density at radius 3 is 1.60 bits per heavy atom. The smallest absolute Gasteiger partial charge is 0.256 e. The summed E-state index contributed by atoms with van der Waals surface area (Å²) in [7, 11) is 0. The van der Waals surface area contributed by atoms with Crippen molar-refractivity contribution in [2.45, 2.75) is 61.2 Å². The van der Waals surface area contributed by atoms with E-state index in [1.807, 2.05) is 67.1 Å². The van der Waals surface area contributed by atoms with Crippen LogP contribution in [-0.4, -0.2) is 81.3 Å². The van der Waals surface area contributed by atoms with Gasteiger partial charge in [-0.05, 0) is 91.9 Å². The topological polar surface area (TPSA) is 162 Å². The number of anilines is 2. The Labute approximate surface area is 407 Å². The first-order valence-electron chi connectivity index (χ1n) is 21.8. The Bertz CT molecular complexity index is 2630. The molecule has 4 aromatic carbocycles. The number of carbonyl (C=O) groups excluding carboxylic acids is 4. The van der Waals surface area contributed by atoms with E-state index < -0.39 is 0 Å². The number of piperazine rings is 1. The summed E-state index contributed by atoms with van der Waals surface area (Å²) in [4.78, 5) is 49.7. The minimum atomic E-state index is -0.291. The SMILES string of the molecule is Cc1cc(NC(=O)c2ccc(C=O)cc2)nn1Cc1cc(Cl)ccc1OCC(C)C.Cc1cc(NC(=O)c2ccc(CN3CCNC(=O)C3)cc2)nn1Cc1cc(Cl)ccc1OCC(C)C.Cl. The second-order valence-electron chi connectivity index (χ2n) is 17.0. The molecular weight excluding hydrogens is 915 g/mol. The summed E-state index contributed by atoms with van der Waals surface area (Å²) in [5.74, 6) is 2.80. The van der Waals surface area contributed by atoms with Gasteiger partial charge in [-0.1, -0.05) is 75.2 Å². The first-order chi connectivity index (χ1) is 31.6. The first-order valence-corrected chi connectivity index (χ1v) is 22.5. The molecule has 67 heavy (non-hydrogen) atoms. The van der Waals surface area contributed by atoms with Crippen molar-refractivity contribution in [3.63, 3.8) is 0 Å². The maximum absolute atomic E-state index is 12.8. The van der Waals surface area contributed by atoms with E-state index in [2.05, 4.69) is 58.7 Å². The normalized spacial score (nSPS) is 12.4. The second-order valence-corrected chi connectivity index (χ2v) is 17.8. The summed E-state index contributed by atoms with van der Waals surface area (Å²) in [6.07, 6.45) is 0.738. The molecule has 354 valence electrons. The summed E-state index contributed by atoms with van der Waals surface area (Å²) < 4.78 is 15.5. The van der Waals surface area contributed by atoms with E-state index in [0.717, 1.165) is 52.4 Å². The minimum absolute atomic E-state index is 0. The van der Waals surface area contributed by atoms with E-state index in [1.54, 1.807) is 53.2 Å². The van der Waals surface area contributed by atoms with Gasteiger partial charge in [0, 0.05) is 81.0 Å². The van der Waals surface area contributed by atoms with Gasteiger partial charge >= 0.3 is 0 Å². The molecule has 0 unspecified atom stereocenters. The number of nitrogens with zero attached hydrogens (tertiary/aromatic N) is 5. The van der Waals surface area contributed by atoms with Gasteiger partial charge in [0.25, 0.3) is 11.8 Å². The van der Waals surface area contributed by atoms with Gasteiger partial charge in [0.2, 0.25) is 5.91 Å². The average molecular weight is 972 g/mol. The number of ether oxygens (including phenoxy) is 2. The highest BCUT2D eigenvalue weighted by atomic mass is 35.5. The molecule has 0 radical (unpaired) electrons. The van der Waals surface area contributed by atoms with Crippen LogP contribution in [-0.2, 0) is 24.4 Å². The van der Waals surface area contributed by atoms with Gasteiger partial charge in [0.15, 0.2) is 11.6 Å². The Balaban J connectivity index is 0.000000251. The van der Waals surface area contributed by atoms with Crippen LogP contribution in [0.4, 0.5) is 11.6 Å². The first kappa shape index (κ1) is 51.8. The summed E-state index contributed by atoms with van der Waals surface area (Å²) >= 11 is 12.4. The predicted molar refractivity (Wildman–Crippen MR) is 265 cm³/mol. The van der Waals surface area contributed by atoms with Crippen LogP contribution >= 0.6 is 35.6 Å². The number of aromatic nitrogens is 4. The van der Waals surface area contributed by atoms with E-state index in [0.29, 0.717) is 96.1 Å². The lowest BCUT2D eigenvalue weighted by Crippen LogP contribution is -2.47. The molecule has 0 bridgehead atoms. The van der Waals surface area contributed by atoms with E-state index >= 15 is 0 Å². The van der Waals surface area contributed by atoms with Crippen LogP contribution in [0.25, 0.3) is 0 Å². The van der Waals surface area contributed by atoms with Crippen molar-refractivity contribution < 1.29 is 28.7 Å². The Hall–Kier alpha value is -6.19. The number of nitrogens with one attached hydrogen (secondary N) is 3. The van der Waals surface area contributed by atoms with E-state index in [4.69, 9.17) is 32.7 Å². The maximum Gasteiger partial charge on any atom is 0.256 e. The zero-order chi connectivity index (χ0) is 47.3. The highest BCUT2D eigenvalue weighted by Crippen LogP contribution is 2.27. The molecule has 1 fully saturated rings. The number of carbonyl (C=O) groups is 4. The van der Waals surface area contributed by atoms with Crippen molar-refractivity contribution in [2.75, 3.05) is 43.5 Å². The molecular formula is C50H57Cl3N8O6. The highest BCUT2D eigenvalue weighted by molar-refractivity contribution is 6.31. The van der Waals surface area contributed by atoms with Crippen LogP contribution in [0.3, 0.4) is 0 Å². The number of aldehydes is 1. The third-order valence-corrected chi connectivity index (χ3v) is 10.8. The van der Waals surface area contributed by atoms with Gasteiger partial charge in [-0.25, -0.2) is 0 Å². The van der Waals surface area contributed by atoms with Crippen molar-refractivity contribution in [2.24, 2.45) is 11.8 Å². The van der Waals surface area contributed by atoms with E-state index in [9.17, 15) is 19.2 Å². The lowest BCUT2D eigenvalue weighted by Gasteiger charge is -2.26. The number of rotatable bonds is 17. The molecule has 1 aliphatic heterocycles. The molecule has 2 aromatic heterocycles. The standard InChI is InChI=1S/C27H32ClN5O3.C23H24ClN3O3.ClH/c1-18(2)17-36-24-9-8-23(28)13-22(24)15-33-19(3)12-25(31-33)30-27(35)21-6-4-20(5-7-21)14-32-11-10-29-26(34)16-32;1-15(2)14-30-21-9-8-20(24)11-19(21)12-27-16(3)10-22(26-27)25-23(29)18-6-4-17(13-28)5-7-18;/h4-9,12-13,18H,10-11,14-17H2,1-3H3,(H,29,34)(H,30,31,35);4-11,13,15H,12,14H2,1-3H3,(H,25,26,29);1H. The quantitative estimate of drug-likeness (QED) is 0.0757. The number of hydrogen-bond donors (Lipinski definition) is 3. The van der Waals surface area contributed by atoms with Crippen LogP contribution < -0.4 is 25.4 Å². The van der Waals surface area contributed by atoms with Gasteiger partial charge in [-0.3, -0.25) is 33.4 Å². The Kier molecular flexibility index (Phi) is 19.0. The molecule has 3 heterocycles. The number of amides is 3. The molecule has 0 saturated carbocycles. The van der Waals surface area contributed by atoms with Crippen LogP contribution in [0.15, 0.2) is 97.1 Å². The summed E-state index contributed by atoms with van der Waals surface area (Å²) in [5.41, 5.74) is 6.19. The second kappa shape index (κ2) is 24.5. The molecule has 0 spiro atoms. The van der Waals surface area contributed by atoms with Crippen molar-refractivity contribution in [1.29, 1.82) is 0 Å². The molecule has 3 N–H and O–H groups in total. The fourth-order valence-corrected chi connectivity index (χ4v) is 7.25.